The number of rotatable bonds is 0. The standard InChI is InChI=1S/C10H16N2O2/c13-11-9-5-7-3-1-2-4-8(7)6-10(9)12-14/h7-8,13-14H,1-6H2/b11-9+,12-10+/t7-,8+. The molecule has 14 heavy (non-hydrogen) atoms. The van der Waals surface area contributed by atoms with Gasteiger partial charge in [-0.15, -0.1) is 0 Å². The predicted octanol–water partition coefficient (Wildman–Crippen LogP) is 2.25. The van der Waals surface area contributed by atoms with Crippen LogP contribution in [-0.2, 0) is 0 Å². The molecule has 0 heterocycles. The van der Waals surface area contributed by atoms with Crippen LogP contribution in [0.15, 0.2) is 10.3 Å². The minimum Gasteiger partial charge on any atom is -0.411 e. The molecule has 0 spiro atoms. The van der Waals surface area contributed by atoms with E-state index in [1.54, 1.807) is 0 Å². The second kappa shape index (κ2) is 3.98. The molecular formula is C10H16N2O2. The van der Waals surface area contributed by atoms with E-state index in [-0.39, 0.29) is 0 Å². The molecule has 2 aliphatic carbocycles. The van der Waals surface area contributed by atoms with E-state index in [4.69, 9.17) is 10.4 Å². The highest BCUT2D eigenvalue weighted by Gasteiger charge is 2.34. The van der Waals surface area contributed by atoms with Gasteiger partial charge >= 0.3 is 0 Å². The lowest BCUT2D eigenvalue weighted by atomic mass is 9.70. The van der Waals surface area contributed by atoms with Crippen LogP contribution in [0, 0.1) is 11.8 Å². The first-order valence-corrected chi connectivity index (χ1v) is 5.27. The fraction of sp³-hybridized carbons (Fsp3) is 0.800. The molecule has 0 aliphatic heterocycles. The molecular weight excluding hydrogens is 180 g/mol. The van der Waals surface area contributed by atoms with E-state index in [2.05, 4.69) is 10.3 Å². The summed E-state index contributed by atoms with van der Waals surface area (Å²) < 4.78 is 0. The highest BCUT2D eigenvalue weighted by atomic mass is 16.4. The smallest absolute Gasteiger partial charge is 0.105 e. The summed E-state index contributed by atoms with van der Waals surface area (Å²) >= 11 is 0. The Hall–Kier alpha value is -1.06. The molecule has 2 atom stereocenters. The maximum Gasteiger partial charge on any atom is 0.105 e. The minimum atomic E-state index is 0.579. The van der Waals surface area contributed by atoms with Crippen molar-refractivity contribution in [1.82, 2.24) is 0 Å². The second-order valence-electron chi connectivity index (χ2n) is 4.31. The molecule has 4 heteroatoms. The average molecular weight is 196 g/mol. The maximum atomic E-state index is 8.78. The van der Waals surface area contributed by atoms with Crippen molar-refractivity contribution < 1.29 is 10.4 Å². The Labute approximate surface area is 83.3 Å². The van der Waals surface area contributed by atoms with Gasteiger partial charge in [-0.05, 0) is 37.5 Å². The van der Waals surface area contributed by atoms with Crippen molar-refractivity contribution in [2.45, 2.75) is 38.5 Å². The Bertz CT molecular complexity index is 245. The lowest BCUT2D eigenvalue weighted by Gasteiger charge is -2.35. The molecule has 0 bridgehead atoms. The molecule has 0 radical (unpaired) electrons. The summed E-state index contributed by atoms with van der Waals surface area (Å²) in [5, 5.41) is 24.0. The fourth-order valence-corrected chi connectivity index (χ4v) is 2.75. The summed E-state index contributed by atoms with van der Waals surface area (Å²) in [7, 11) is 0. The highest BCUT2D eigenvalue weighted by Crippen LogP contribution is 2.38. The first kappa shape index (κ1) is 9.49. The molecule has 0 aromatic rings. The maximum absolute atomic E-state index is 8.78. The zero-order chi connectivity index (χ0) is 9.97. The zero-order valence-corrected chi connectivity index (χ0v) is 8.19. The van der Waals surface area contributed by atoms with Gasteiger partial charge in [-0.3, -0.25) is 0 Å². The van der Waals surface area contributed by atoms with E-state index in [9.17, 15) is 0 Å². The number of oxime groups is 2. The Morgan fingerprint density at radius 3 is 1.64 bits per heavy atom. The van der Waals surface area contributed by atoms with Crippen molar-refractivity contribution in [3.05, 3.63) is 0 Å². The van der Waals surface area contributed by atoms with Crippen LogP contribution in [0.4, 0.5) is 0 Å². The van der Waals surface area contributed by atoms with Gasteiger partial charge in [-0.1, -0.05) is 23.2 Å². The third kappa shape index (κ3) is 1.61. The van der Waals surface area contributed by atoms with Crippen LogP contribution >= 0.6 is 0 Å². The van der Waals surface area contributed by atoms with Crippen LogP contribution < -0.4 is 0 Å². The number of hydrogen-bond acceptors (Lipinski definition) is 4. The van der Waals surface area contributed by atoms with Crippen molar-refractivity contribution in [3.63, 3.8) is 0 Å². The van der Waals surface area contributed by atoms with Gasteiger partial charge in [0.2, 0.25) is 0 Å². The van der Waals surface area contributed by atoms with Crippen molar-refractivity contribution >= 4 is 11.4 Å². The largest absolute Gasteiger partial charge is 0.411 e. The number of fused-ring (bicyclic) bond motifs is 1. The SMILES string of the molecule is O/N=C1\C[C@H]2CCCC[C@H]2C\C1=N/O. The monoisotopic (exact) mass is 196 g/mol. The Morgan fingerprint density at radius 1 is 0.857 bits per heavy atom. The molecule has 0 aromatic carbocycles. The van der Waals surface area contributed by atoms with Gasteiger partial charge < -0.3 is 10.4 Å². The van der Waals surface area contributed by atoms with E-state index in [0.29, 0.717) is 23.3 Å². The number of hydrogen-bond donors (Lipinski definition) is 2. The number of nitrogens with zero attached hydrogens (tertiary/aromatic N) is 2. The van der Waals surface area contributed by atoms with E-state index >= 15 is 0 Å². The summed E-state index contributed by atoms with van der Waals surface area (Å²) in [5.74, 6) is 1.28. The lowest BCUT2D eigenvalue weighted by molar-refractivity contribution is 0.235. The second-order valence-corrected chi connectivity index (χ2v) is 4.31. The van der Waals surface area contributed by atoms with Gasteiger partial charge in [0.15, 0.2) is 0 Å². The Morgan fingerprint density at radius 2 is 1.29 bits per heavy atom. The minimum absolute atomic E-state index is 0.579. The first-order valence-electron chi connectivity index (χ1n) is 5.27. The summed E-state index contributed by atoms with van der Waals surface area (Å²) in [6.07, 6.45) is 6.57. The Balaban J connectivity index is 2.14. The van der Waals surface area contributed by atoms with Gasteiger partial charge in [0.05, 0.1) is 0 Å². The fourth-order valence-electron chi connectivity index (χ4n) is 2.75. The summed E-state index contributed by atoms with van der Waals surface area (Å²) in [6.45, 7) is 0. The van der Waals surface area contributed by atoms with Gasteiger partial charge in [-0.2, -0.15) is 0 Å². The van der Waals surface area contributed by atoms with Crippen molar-refractivity contribution in [2.24, 2.45) is 22.1 Å². The predicted molar refractivity (Wildman–Crippen MR) is 53.1 cm³/mol. The molecule has 0 aromatic heterocycles. The topological polar surface area (TPSA) is 65.2 Å². The van der Waals surface area contributed by atoms with Crippen LogP contribution in [0.3, 0.4) is 0 Å². The lowest BCUT2D eigenvalue weighted by Crippen LogP contribution is -2.34. The van der Waals surface area contributed by atoms with Gasteiger partial charge in [0.1, 0.15) is 11.4 Å². The Kier molecular flexibility index (Phi) is 2.70. The third-order valence-electron chi connectivity index (χ3n) is 3.55. The summed E-state index contributed by atoms with van der Waals surface area (Å²) in [5.41, 5.74) is 1.16. The molecule has 0 saturated heterocycles. The molecule has 2 aliphatic rings. The van der Waals surface area contributed by atoms with E-state index < -0.39 is 0 Å². The van der Waals surface area contributed by atoms with Crippen molar-refractivity contribution in [1.29, 1.82) is 0 Å². The molecule has 78 valence electrons. The molecule has 2 fully saturated rings. The summed E-state index contributed by atoms with van der Waals surface area (Å²) in [6, 6.07) is 0. The van der Waals surface area contributed by atoms with Crippen molar-refractivity contribution in [3.8, 4) is 0 Å². The molecule has 0 amide bonds. The van der Waals surface area contributed by atoms with E-state index in [1.165, 1.54) is 25.7 Å². The zero-order valence-electron chi connectivity index (χ0n) is 8.19. The normalized spacial score (nSPS) is 38.6. The molecule has 4 nitrogen and oxygen atoms in total. The van der Waals surface area contributed by atoms with E-state index in [0.717, 1.165) is 12.8 Å². The van der Waals surface area contributed by atoms with E-state index in [1.807, 2.05) is 0 Å². The molecule has 2 saturated carbocycles. The molecule has 2 rings (SSSR count). The van der Waals surface area contributed by atoms with Crippen LogP contribution in [-0.4, -0.2) is 21.8 Å². The average Bonchev–Trinajstić information content (AvgIpc) is 2.27. The molecule has 2 N–H and O–H groups in total. The first-order chi connectivity index (χ1) is 6.85. The molecule has 0 unspecified atom stereocenters. The quantitative estimate of drug-likeness (QED) is 0.461. The van der Waals surface area contributed by atoms with Crippen LogP contribution in [0.2, 0.25) is 0 Å². The third-order valence-corrected chi connectivity index (χ3v) is 3.55. The van der Waals surface area contributed by atoms with Gasteiger partial charge in [0, 0.05) is 0 Å². The summed E-state index contributed by atoms with van der Waals surface area (Å²) in [4.78, 5) is 0. The van der Waals surface area contributed by atoms with Gasteiger partial charge in [-0.25, -0.2) is 0 Å². The van der Waals surface area contributed by atoms with Crippen molar-refractivity contribution in [2.75, 3.05) is 0 Å². The van der Waals surface area contributed by atoms with Crippen LogP contribution in [0.5, 0.6) is 0 Å². The van der Waals surface area contributed by atoms with Gasteiger partial charge in [0.25, 0.3) is 0 Å². The van der Waals surface area contributed by atoms with Crippen LogP contribution in [0.1, 0.15) is 38.5 Å². The van der Waals surface area contributed by atoms with Crippen LogP contribution in [0.25, 0.3) is 0 Å². The highest BCUT2D eigenvalue weighted by molar-refractivity contribution is 6.42.